The van der Waals surface area contributed by atoms with Crippen LogP contribution in [0.25, 0.3) is 0 Å². The van der Waals surface area contributed by atoms with Gasteiger partial charge in [-0.3, -0.25) is 13.9 Å². The summed E-state index contributed by atoms with van der Waals surface area (Å²) >= 11 is 0. The summed E-state index contributed by atoms with van der Waals surface area (Å²) in [5, 5.41) is 2.87. The Bertz CT molecular complexity index is 1810. The van der Waals surface area contributed by atoms with Crippen LogP contribution in [-0.4, -0.2) is 65.6 Å². The molecule has 0 aliphatic carbocycles. The van der Waals surface area contributed by atoms with Crippen LogP contribution in [0.3, 0.4) is 0 Å². The Morgan fingerprint density at radius 3 is 2.06 bits per heavy atom. The number of anilines is 1. The van der Waals surface area contributed by atoms with E-state index in [-0.39, 0.29) is 29.5 Å². The maximum atomic E-state index is 14.7. The highest BCUT2D eigenvalue weighted by molar-refractivity contribution is 7.92. The molecular formula is C37H43N3O7S. The standard InChI is InChI=1S/C37H43N3O7S/c1-7-38-37(42)33(22-28-12-9-8-10-13-28)39(24-29-14-11-15-31(21-29)45-4)36(41)25-40(30-19-26(2)18-27(3)20-30)48(43,44)32-16-17-34(46-5)35(23-32)47-6/h8-21,23,33H,7,22,24-25H2,1-6H3,(H,38,42). The summed E-state index contributed by atoms with van der Waals surface area (Å²) in [6.45, 7) is 5.34. The Labute approximate surface area is 283 Å². The summed E-state index contributed by atoms with van der Waals surface area (Å²) in [7, 11) is 0.0917. The van der Waals surface area contributed by atoms with Crippen LogP contribution in [-0.2, 0) is 32.6 Å². The number of methoxy groups -OCH3 is 3. The number of nitrogens with one attached hydrogen (secondary N) is 1. The minimum absolute atomic E-state index is 0.0295. The van der Waals surface area contributed by atoms with Crippen molar-refractivity contribution in [3.05, 3.63) is 113 Å². The van der Waals surface area contributed by atoms with Crippen LogP contribution < -0.4 is 23.8 Å². The Kier molecular flexibility index (Phi) is 12.1. The van der Waals surface area contributed by atoms with E-state index in [0.717, 1.165) is 21.0 Å². The van der Waals surface area contributed by atoms with Gasteiger partial charge in [-0.25, -0.2) is 8.42 Å². The fourth-order valence-electron chi connectivity index (χ4n) is 5.54. The third kappa shape index (κ3) is 8.65. The highest BCUT2D eigenvalue weighted by Gasteiger charge is 2.35. The summed E-state index contributed by atoms with van der Waals surface area (Å²) < 4.78 is 46.2. The topological polar surface area (TPSA) is 114 Å². The average molecular weight is 674 g/mol. The predicted octanol–water partition coefficient (Wildman–Crippen LogP) is 5.30. The van der Waals surface area contributed by atoms with E-state index in [4.69, 9.17) is 14.2 Å². The molecule has 0 saturated heterocycles. The average Bonchev–Trinajstić information content (AvgIpc) is 3.08. The summed E-state index contributed by atoms with van der Waals surface area (Å²) in [5.74, 6) is 0.265. The largest absolute Gasteiger partial charge is 0.497 e. The van der Waals surface area contributed by atoms with Crippen molar-refractivity contribution >= 4 is 27.5 Å². The Morgan fingerprint density at radius 1 is 0.771 bits per heavy atom. The molecule has 0 heterocycles. The highest BCUT2D eigenvalue weighted by atomic mass is 32.2. The van der Waals surface area contributed by atoms with Crippen molar-refractivity contribution in [2.24, 2.45) is 0 Å². The van der Waals surface area contributed by atoms with Crippen molar-refractivity contribution in [3.8, 4) is 17.2 Å². The first-order chi connectivity index (χ1) is 23.0. The minimum atomic E-state index is -4.34. The monoisotopic (exact) mass is 673 g/mol. The zero-order valence-electron chi connectivity index (χ0n) is 28.2. The van der Waals surface area contributed by atoms with Crippen molar-refractivity contribution in [3.63, 3.8) is 0 Å². The number of benzene rings is 4. The molecule has 254 valence electrons. The third-order valence-electron chi connectivity index (χ3n) is 7.83. The van der Waals surface area contributed by atoms with Crippen LogP contribution in [0.1, 0.15) is 29.2 Å². The first kappa shape index (κ1) is 35.8. The van der Waals surface area contributed by atoms with Gasteiger partial charge in [-0.05, 0) is 79.4 Å². The maximum absolute atomic E-state index is 14.7. The molecule has 0 spiro atoms. The van der Waals surface area contributed by atoms with Gasteiger partial charge in [0.05, 0.1) is 31.9 Å². The number of carbonyl (C=O) groups excluding carboxylic acids is 2. The fraction of sp³-hybridized carbons (Fsp3) is 0.297. The lowest BCUT2D eigenvalue weighted by Crippen LogP contribution is -2.53. The minimum Gasteiger partial charge on any atom is -0.497 e. The van der Waals surface area contributed by atoms with Gasteiger partial charge in [0.1, 0.15) is 18.3 Å². The Balaban J connectivity index is 1.85. The second kappa shape index (κ2) is 16.2. The molecule has 1 unspecified atom stereocenters. The van der Waals surface area contributed by atoms with Gasteiger partial charge in [0.25, 0.3) is 10.0 Å². The van der Waals surface area contributed by atoms with E-state index in [2.05, 4.69) is 5.32 Å². The van der Waals surface area contributed by atoms with Gasteiger partial charge in [-0.2, -0.15) is 0 Å². The lowest BCUT2D eigenvalue weighted by atomic mass is 10.0. The lowest BCUT2D eigenvalue weighted by molar-refractivity contribution is -0.140. The number of amides is 2. The van der Waals surface area contributed by atoms with Gasteiger partial charge < -0.3 is 24.4 Å². The smallest absolute Gasteiger partial charge is 0.264 e. The molecule has 1 N–H and O–H groups in total. The molecule has 11 heteroatoms. The van der Waals surface area contributed by atoms with Gasteiger partial charge >= 0.3 is 0 Å². The van der Waals surface area contributed by atoms with E-state index in [0.29, 0.717) is 29.3 Å². The molecule has 0 saturated carbocycles. The first-order valence-corrected chi connectivity index (χ1v) is 17.0. The van der Waals surface area contributed by atoms with Gasteiger partial charge in [0.2, 0.25) is 11.8 Å². The molecule has 1 atom stereocenters. The second-order valence-electron chi connectivity index (χ2n) is 11.3. The maximum Gasteiger partial charge on any atom is 0.264 e. The molecule has 4 aromatic rings. The second-order valence-corrected chi connectivity index (χ2v) is 13.2. The molecule has 0 bridgehead atoms. The van der Waals surface area contributed by atoms with E-state index in [1.807, 2.05) is 63.2 Å². The third-order valence-corrected chi connectivity index (χ3v) is 9.60. The van der Waals surface area contributed by atoms with Crippen LogP contribution in [0.2, 0.25) is 0 Å². The SMILES string of the molecule is CCNC(=O)C(Cc1ccccc1)N(Cc1cccc(OC)c1)C(=O)CN(c1cc(C)cc(C)c1)S(=O)(=O)c1ccc(OC)c(OC)c1. The fourth-order valence-corrected chi connectivity index (χ4v) is 6.95. The number of ether oxygens (including phenoxy) is 3. The number of carbonyl (C=O) groups is 2. The number of sulfonamides is 1. The van der Waals surface area contributed by atoms with Gasteiger partial charge in [0, 0.05) is 25.6 Å². The molecule has 0 aromatic heterocycles. The molecule has 4 aromatic carbocycles. The summed E-state index contributed by atoms with van der Waals surface area (Å²) in [5.41, 5.74) is 3.52. The number of likely N-dealkylation sites (N-methyl/N-ethyl adjacent to an activating group) is 1. The van der Waals surface area contributed by atoms with Crippen molar-refractivity contribution in [1.82, 2.24) is 10.2 Å². The number of rotatable bonds is 15. The molecular weight excluding hydrogens is 630 g/mol. The van der Waals surface area contributed by atoms with E-state index in [1.54, 1.807) is 37.4 Å². The molecule has 10 nitrogen and oxygen atoms in total. The van der Waals surface area contributed by atoms with E-state index in [1.165, 1.54) is 37.3 Å². The normalized spacial score (nSPS) is 11.7. The van der Waals surface area contributed by atoms with Crippen LogP contribution >= 0.6 is 0 Å². The highest BCUT2D eigenvalue weighted by Crippen LogP contribution is 2.33. The Hall–Kier alpha value is -5.03. The molecule has 0 aliphatic rings. The molecule has 4 rings (SSSR count). The van der Waals surface area contributed by atoms with Crippen molar-refractivity contribution in [1.29, 1.82) is 0 Å². The predicted molar refractivity (Wildman–Crippen MR) is 186 cm³/mol. The van der Waals surface area contributed by atoms with Crippen molar-refractivity contribution in [2.45, 2.75) is 44.7 Å². The van der Waals surface area contributed by atoms with Gasteiger partial charge in [0.15, 0.2) is 11.5 Å². The van der Waals surface area contributed by atoms with Crippen molar-refractivity contribution < 1.29 is 32.2 Å². The molecule has 48 heavy (non-hydrogen) atoms. The summed E-state index contributed by atoms with van der Waals surface area (Å²) in [4.78, 5) is 29.7. The molecule has 0 fully saturated rings. The van der Waals surface area contributed by atoms with Gasteiger partial charge in [-0.1, -0.05) is 48.5 Å². The molecule has 2 amide bonds. The number of aryl methyl sites for hydroxylation is 2. The Morgan fingerprint density at radius 2 is 1.44 bits per heavy atom. The van der Waals surface area contributed by atoms with Crippen LogP contribution in [0, 0.1) is 13.8 Å². The van der Waals surface area contributed by atoms with Crippen LogP contribution in [0.5, 0.6) is 17.2 Å². The number of hydrogen-bond donors (Lipinski definition) is 1. The van der Waals surface area contributed by atoms with E-state index < -0.39 is 28.5 Å². The lowest BCUT2D eigenvalue weighted by Gasteiger charge is -2.34. The number of hydrogen-bond acceptors (Lipinski definition) is 7. The number of nitrogens with zero attached hydrogens (tertiary/aromatic N) is 2. The zero-order chi connectivity index (χ0) is 34.8. The molecule has 0 aliphatic heterocycles. The van der Waals surface area contributed by atoms with Crippen LogP contribution in [0.15, 0.2) is 95.9 Å². The summed E-state index contributed by atoms with van der Waals surface area (Å²) in [6.07, 6.45) is 0.217. The quantitative estimate of drug-likeness (QED) is 0.182. The van der Waals surface area contributed by atoms with Crippen molar-refractivity contribution in [2.75, 3.05) is 38.7 Å². The van der Waals surface area contributed by atoms with Crippen LogP contribution in [0.4, 0.5) is 5.69 Å². The summed E-state index contributed by atoms with van der Waals surface area (Å²) in [6, 6.07) is 25.3. The molecule has 0 radical (unpaired) electrons. The first-order valence-electron chi connectivity index (χ1n) is 15.6. The zero-order valence-corrected chi connectivity index (χ0v) is 29.0. The van der Waals surface area contributed by atoms with Gasteiger partial charge in [-0.15, -0.1) is 0 Å². The van der Waals surface area contributed by atoms with E-state index in [9.17, 15) is 18.0 Å². The van der Waals surface area contributed by atoms with E-state index >= 15 is 0 Å².